The summed E-state index contributed by atoms with van der Waals surface area (Å²) in [5.74, 6) is -6.11. The first-order chi connectivity index (χ1) is 12.8. The van der Waals surface area contributed by atoms with Crippen LogP contribution in [0.2, 0.25) is 0 Å². The van der Waals surface area contributed by atoms with Gasteiger partial charge in [0, 0.05) is 25.2 Å². The Balaban J connectivity index is 1.23. The number of rotatable bonds is 3. The summed E-state index contributed by atoms with van der Waals surface area (Å²) in [5.41, 5.74) is -0.186. The third-order valence-corrected chi connectivity index (χ3v) is 5.03. The number of hydrogen-bond acceptors (Lipinski definition) is 6. The third-order valence-electron chi connectivity index (χ3n) is 5.03. The van der Waals surface area contributed by atoms with Gasteiger partial charge in [0.15, 0.2) is 11.6 Å². The molecule has 0 atom stereocenters. The molecule has 2 heterocycles. The highest BCUT2D eigenvalue weighted by Crippen LogP contribution is 2.34. The molecule has 0 unspecified atom stereocenters. The Bertz CT molecular complexity index is 747. The molecule has 3 fully saturated rings. The van der Waals surface area contributed by atoms with Gasteiger partial charge in [-0.3, -0.25) is 10.1 Å². The van der Waals surface area contributed by atoms with E-state index in [1.54, 1.807) is 0 Å². The summed E-state index contributed by atoms with van der Waals surface area (Å²) in [7, 11) is 0. The third kappa shape index (κ3) is 3.46. The second-order valence-electron chi connectivity index (χ2n) is 7.10. The summed E-state index contributed by atoms with van der Waals surface area (Å²) in [6.45, 7) is 2.00. The van der Waals surface area contributed by atoms with Gasteiger partial charge in [-0.1, -0.05) is 0 Å². The van der Waals surface area contributed by atoms with Crippen molar-refractivity contribution < 1.29 is 37.0 Å². The van der Waals surface area contributed by atoms with Crippen molar-refractivity contribution in [2.75, 3.05) is 26.4 Å². The molecular weight excluding hydrogens is 369 g/mol. The van der Waals surface area contributed by atoms with E-state index >= 15 is 0 Å². The van der Waals surface area contributed by atoms with Crippen LogP contribution in [0, 0.1) is 23.4 Å². The Kier molecular flexibility index (Phi) is 4.47. The number of esters is 1. The fourth-order valence-corrected chi connectivity index (χ4v) is 3.40. The molecule has 4 rings (SSSR count). The predicted molar refractivity (Wildman–Crippen MR) is 83.2 cm³/mol. The van der Waals surface area contributed by atoms with Gasteiger partial charge in [0.1, 0.15) is 11.9 Å². The first-order valence-electron chi connectivity index (χ1n) is 8.50. The number of carbonyl (C=O) groups is 2. The number of carbonyl (C=O) groups excluding carboxylic acids is 2. The standard InChI is InChI=1S/C17H17F3N2O5/c18-10-3-12(19)14(13(20)4-10)27-15(23)9-1-11(2-9)26-16(24)22-5-17(6-22)7-25-8-21-17/h3-4,9,11,21H,1-2,5-8H2. The Hall–Kier alpha value is -2.33. The Labute approximate surface area is 152 Å². The van der Waals surface area contributed by atoms with Gasteiger partial charge in [-0.05, 0) is 12.8 Å². The van der Waals surface area contributed by atoms with Gasteiger partial charge in [-0.25, -0.2) is 18.0 Å². The molecule has 1 aliphatic carbocycles. The second-order valence-corrected chi connectivity index (χ2v) is 7.10. The van der Waals surface area contributed by atoms with Crippen LogP contribution >= 0.6 is 0 Å². The van der Waals surface area contributed by atoms with E-state index in [4.69, 9.17) is 14.2 Å². The zero-order chi connectivity index (χ0) is 19.2. The Morgan fingerprint density at radius 3 is 2.44 bits per heavy atom. The molecule has 1 N–H and O–H groups in total. The molecule has 1 saturated carbocycles. The van der Waals surface area contributed by atoms with Crippen LogP contribution in [0.25, 0.3) is 0 Å². The number of nitrogens with zero attached hydrogens (tertiary/aromatic N) is 1. The number of amides is 1. The van der Waals surface area contributed by atoms with Crippen LogP contribution in [0.1, 0.15) is 12.8 Å². The summed E-state index contributed by atoms with van der Waals surface area (Å²) in [4.78, 5) is 25.5. The molecule has 3 aliphatic rings. The van der Waals surface area contributed by atoms with Gasteiger partial charge >= 0.3 is 12.1 Å². The van der Waals surface area contributed by atoms with Crippen LogP contribution in [0.5, 0.6) is 5.75 Å². The first-order valence-corrected chi connectivity index (χ1v) is 8.50. The van der Waals surface area contributed by atoms with Crippen LogP contribution < -0.4 is 10.1 Å². The molecular formula is C17H17F3N2O5. The SMILES string of the molecule is O=C(Oc1c(F)cc(F)cc1F)C1CC(OC(=O)N2CC3(COCN3)C2)C1. The summed E-state index contributed by atoms with van der Waals surface area (Å²) < 4.78 is 55.1. The number of nitrogens with one attached hydrogen (secondary N) is 1. The quantitative estimate of drug-likeness (QED) is 0.628. The Morgan fingerprint density at radius 1 is 1.19 bits per heavy atom. The van der Waals surface area contributed by atoms with Crippen LogP contribution in [0.4, 0.5) is 18.0 Å². The van der Waals surface area contributed by atoms with E-state index in [0.29, 0.717) is 38.6 Å². The smallest absolute Gasteiger partial charge is 0.410 e. The van der Waals surface area contributed by atoms with Crippen molar-refractivity contribution >= 4 is 12.1 Å². The van der Waals surface area contributed by atoms with E-state index in [1.165, 1.54) is 4.90 Å². The zero-order valence-corrected chi connectivity index (χ0v) is 14.2. The monoisotopic (exact) mass is 386 g/mol. The van der Waals surface area contributed by atoms with Crippen LogP contribution in [0.3, 0.4) is 0 Å². The molecule has 1 amide bonds. The van der Waals surface area contributed by atoms with Gasteiger partial charge in [-0.2, -0.15) is 0 Å². The second kappa shape index (κ2) is 6.68. The lowest BCUT2D eigenvalue weighted by Crippen LogP contribution is -2.69. The van der Waals surface area contributed by atoms with Crippen molar-refractivity contribution in [2.24, 2.45) is 5.92 Å². The van der Waals surface area contributed by atoms with E-state index in [2.05, 4.69) is 5.32 Å². The number of halogens is 3. The molecule has 10 heteroatoms. The molecule has 0 bridgehead atoms. The van der Waals surface area contributed by atoms with Gasteiger partial charge in [0.05, 0.1) is 24.8 Å². The molecule has 2 saturated heterocycles. The topological polar surface area (TPSA) is 77.1 Å². The number of ether oxygens (including phenoxy) is 3. The van der Waals surface area contributed by atoms with Crippen LogP contribution in [-0.4, -0.2) is 55.0 Å². The maximum absolute atomic E-state index is 13.5. The molecule has 2 aliphatic heterocycles. The first kappa shape index (κ1) is 18.1. The highest BCUT2D eigenvalue weighted by molar-refractivity contribution is 5.77. The highest BCUT2D eigenvalue weighted by Gasteiger charge is 2.49. The minimum atomic E-state index is -1.29. The van der Waals surface area contributed by atoms with E-state index in [9.17, 15) is 22.8 Å². The summed E-state index contributed by atoms with van der Waals surface area (Å²) in [5, 5.41) is 3.18. The zero-order valence-electron chi connectivity index (χ0n) is 14.2. The van der Waals surface area contributed by atoms with E-state index < -0.39 is 47.3 Å². The molecule has 7 nitrogen and oxygen atoms in total. The van der Waals surface area contributed by atoms with Gasteiger partial charge in [0.25, 0.3) is 0 Å². The van der Waals surface area contributed by atoms with E-state index in [-0.39, 0.29) is 18.4 Å². The minimum absolute atomic E-state index is 0.186. The number of hydrogen-bond donors (Lipinski definition) is 1. The van der Waals surface area contributed by atoms with Crippen molar-refractivity contribution in [1.29, 1.82) is 0 Å². The molecule has 27 heavy (non-hydrogen) atoms. The lowest BCUT2D eigenvalue weighted by Gasteiger charge is -2.47. The average Bonchev–Trinajstić information content (AvgIpc) is 3.02. The molecule has 1 aromatic rings. The van der Waals surface area contributed by atoms with Crippen LogP contribution in [-0.2, 0) is 14.3 Å². The lowest BCUT2D eigenvalue weighted by molar-refractivity contribution is -0.147. The number of likely N-dealkylation sites (tertiary alicyclic amines) is 1. The maximum atomic E-state index is 13.5. The van der Waals surface area contributed by atoms with Gasteiger partial charge < -0.3 is 19.1 Å². The number of benzene rings is 1. The summed E-state index contributed by atoms with van der Waals surface area (Å²) in [6.07, 6.45) is -0.519. The minimum Gasteiger partial charge on any atom is -0.446 e. The van der Waals surface area contributed by atoms with E-state index in [0.717, 1.165) is 0 Å². The molecule has 1 aromatic carbocycles. The van der Waals surface area contributed by atoms with Crippen molar-refractivity contribution in [3.05, 3.63) is 29.6 Å². The molecule has 146 valence electrons. The maximum Gasteiger partial charge on any atom is 0.410 e. The summed E-state index contributed by atoms with van der Waals surface area (Å²) >= 11 is 0. The normalized spacial score (nSPS) is 25.7. The Morgan fingerprint density at radius 2 is 1.85 bits per heavy atom. The van der Waals surface area contributed by atoms with Crippen molar-refractivity contribution in [2.45, 2.75) is 24.5 Å². The molecule has 0 aromatic heterocycles. The predicted octanol–water partition coefficient (Wildman–Crippen LogP) is 1.56. The van der Waals surface area contributed by atoms with Gasteiger partial charge in [-0.15, -0.1) is 0 Å². The molecule has 0 radical (unpaired) electrons. The van der Waals surface area contributed by atoms with Crippen molar-refractivity contribution in [3.8, 4) is 5.75 Å². The summed E-state index contributed by atoms with van der Waals surface area (Å²) in [6, 6.07) is 0.863. The highest BCUT2D eigenvalue weighted by atomic mass is 19.1. The lowest BCUT2D eigenvalue weighted by atomic mass is 9.82. The average molecular weight is 386 g/mol. The van der Waals surface area contributed by atoms with E-state index in [1.807, 2.05) is 0 Å². The molecule has 1 spiro atoms. The van der Waals surface area contributed by atoms with Crippen molar-refractivity contribution in [3.63, 3.8) is 0 Å². The fraction of sp³-hybridized carbons (Fsp3) is 0.529. The van der Waals surface area contributed by atoms with Gasteiger partial charge in [0.2, 0.25) is 5.75 Å². The fourth-order valence-electron chi connectivity index (χ4n) is 3.40. The van der Waals surface area contributed by atoms with Crippen LogP contribution in [0.15, 0.2) is 12.1 Å². The van der Waals surface area contributed by atoms with Crippen molar-refractivity contribution in [1.82, 2.24) is 10.2 Å². The largest absolute Gasteiger partial charge is 0.446 e.